The number of aryl methyl sites for hydroxylation is 1. The van der Waals surface area contributed by atoms with Gasteiger partial charge in [0.25, 0.3) is 0 Å². The van der Waals surface area contributed by atoms with Gasteiger partial charge in [0.2, 0.25) is 20.2 Å². The number of aliphatic hydroxyl groups excluding tert-OH is 1. The summed E-state index contributed by atoms with van der Waals surface area (Å²) < 4.78 is 22.2. The van der Waals surface area contributed by atoms with E-state index >= 15 is 4.11 Å². The number of fused-ring (bicyclic) bond motifs is 1. The van der Waals surface area contributed by atoms with Crippen molar-refractivity contribution in [1.82, 2.24) is 10.2 Å². The third kappa shape index (κ3) is 6.91. The summed E-state index contributed by atoms with van der Waals surface area (Å²) in [5.74, 6) is -0.0649. The van der Waals surface area contributed by atoms with Crippen molar-refractivity contribution >= 4 is 25.9 Å². The van der Waals surface area contributed by atoms with Crippen molar-refractivity contribution in [3.05, 3.63) is 65.2 Å². The van der Waals surface area contributed by atoms with Crippen molar-refractivity contribution in [1.29, 1.82) is 0 Å². The molecule has 2 fully saturated rings. The van der Waals surface area contributed by atoms with Crippen LogP contribution in [0.3, 0.4) is 0 Å². The Balaban J connectivity index is 1.20. The van der Waals surface area contributed by atoms with Crippen LogP contribution >= 0.6 is 0 Å². The molecule has 0 aliphatic carbocycles. The van der Waals surface area contributed by atoms with Crippen molar-refractivity contribution in [2.75, 3.05) is 18.5 Å². The van der Waals surface area contributed by atoms with Gasteiger partial charge in [-0.15, -0.1) is 0 Å². The molecule has 3 aliphatic heterocycles. The third-order valence-electron chi connectivity index (χ3n) is 9.27. The minimum atomic E-state index is -3.12. The van der Waals surface area contributed by atoms with Crippen LogP contribution < -0.4 is 10.6 Å². The minimum absolute atomic E-state index is 0.00661. The van der Waals surface area contributed by atoms with E-state index in [-0.39, 0.29) is 54.5 Å². The van der Waals surface area contributed by atoms with Gasteiger partial charge >= 0.3 is 0 Å². The Morgan fingerprint density at radius 3 is 2.51 bits per heavy atom. The highest BCUT2D eigenvalue weighted by molar-refractivity contribution is 6.72. The van der Waals surface area contributed by atoms with Gasteiger partial charge in [-0.1, -0.05) is 43.3 Å². The predicted octanol–water partition coefficient (Wildman–Crippen LogP) is 4.59. The van der Waals surface area contributed by atoms with Crippen LogP contribution in [0.4, 0.5) is 9.80 Å². The van der Waals surface area contributed by atoms with Gasteiger partial charge < -0.3 is 29.5 Å². The van der Waals surface area contributed by atoms with Crippen LogP contribution in [-0.2, 0) is 33.7 Å². The number of nitrogens with zero attached hydrogens (tertiary/aromatic N) is 1. The van der Waals surface area contributed by atoms with E-state index in [1.807, 2.05) is 42.5 Å². The van der Waals surface area contributed by atoms with Gasteiger partial charge in [0, 0.05) is 17.8 Å². The summed E-state index contributed by atoms with van der Waals surface area (Å²) in [4.78, 5) is 27.7. The molecule has 222 valence electrons. The molecule has 9 heteroatoms. The molecule has 2 saturated heterocycles. The van der Waals surface area contributed by atoms with Crippen molar-refractivity contribution in [2.24, 2.45) is 5.92 Å². The number of rotatable bonds is 9. The molecule has 7 nitrogen and oxygen atoms in total. The minimum Gasteiger partial charge on any atom is -0.394 e. The molecule has 0 bridgehead atoms. The summed E-state index contributed by atoms with van der Waals surface area (Å²) >= 11 is 0. The highest BCUT2D eigenvalue weighted by Crippen LogP contribution is 2.47. The number of amides is 2. The molecule has 0 saturated carbocycles. The van der Waals surface area contributed by atoms with Gasteiger partial charge in [-0.05, 0) is 86.5 Å². The Morgan fingerprint density at radius 1 is 1.12 bits per heavy atom. The van der Waals surface area contributed by atoms with Gasteiger partial charge in [-0.2, -0.15) is 0 Å². The highest BCUT2D eigenvalue weighted by Gasteiger charge is 2.52. The number of aliphatic hydroxyl groups is 1. The number of anilines is 1. The molecule has 2 aromatic rings. The molecule has 0 unspecified atom stereocenters. The molecule has 0 aromatic heterocycles. The van der Waals surface area contributed by atoms with Crippen LogP contribution in [0, 0.1) is 5.92 Å². The second-order valence-electron chi connectivity index (χ2n) is 12.6. The van der Waals surface area contributed by atoms with Gasteiger partial charge in [0.1, 0.15) is 0 Å². The standard InChI is InChI=1S/C32H44FN3O4Si/c1-21-28(15-12-22-10-13-25(14-11-22)35-32(39)27-9-6-16-34-27)40-29(31(21)41(2,3)33)18-30(38)36-19-24-8-5-4-7-23(24)17-26(36)20-37/h4-5,7-8,10-11,13-14,21,26-29,31,34,37H,6,9,12,15-20H2,1-3H3,(H,35,39)/t21-,26-,27+,28+,29-,31+/m0/s1. The van der Waals surface area contributed by atoms with Crippen LogP contribution in [-0.4, -0.2) is 67.7 Å². The Hall–Kier alpha value is -2.59. The fourth-order valence-electron chi connectivity index (χ4n) is 7.11. The van der Waals surface area contributed by atoms with E-state index in [1.54, 1.807) is 18.0 Å². The van der Waals surface area contributed by atoms with Gasteiger partial charge in [0.15, 0.2) is 0 Å². The molecule has 3 heterocycles. The first-order valence-corrected chi connectivity index (χ1v) is 18.0. The van der Waals surface area contributed by atoms with Crippen LogP contribution in [0.15, 0.2) is 48.5 Å². The normalized spacial score (nSPS) is 28.0. The average molecular weight is 582 g/mol. The number of hydrogen-bond donors (Lipinski definition) is 3. The van der Waals surface area contributed by atoms with E-state index in [0.29, 0.717) is 13.0 Å². The smallest absolute Gasteiger partial charge is 0.246 e. The third-order valence-corrected chi connectivity index (χ3v) is 11.8. The Morgan fingerprint density at radius 2 is 1.85 bits per heavy atom. The van der Waals surface area contributed by atoms with E-state index in [0.717, 1.165) is 54.6 Å². The molecule has 3 N–H and O–H groups in total. The lowest BCUT2D eigenvalue weighted by Gasteiger charge is -2.37. The number of nitrogens with one attached hydrogen (secondary N) is 2. The lowest BCUT2D eigenvalue weighted by Crippen LogP contribution is -2.48. The Labute approximate surface area is 244 Å². The quantitative estimate of drug-likeness (QED) is 0.298. The van der Waals surface area contributed by atoms with Gasteiger partial charge in [0.05, 0.1) is 37.3 Å². The average Bonchev–Trinajstić information content (AvgIpc) is 3.60. The number of carbonyl (C=O) groups is 2. The van der Waals surface area contributed by atoms with Crippen LogP contribution in [0.1, 0.15) is 49.3 Å². The molecular weight excluding hydrogens is 537 g/mol. The first-order valence-electron chi connectivity index (χ1n) is 15.1. The van der Waals surface area contributed by atoms with E-state index in [4.69, 9.17) is 4.74 Å². The van der Waals surface area contributed by atoms with Gasteiger partial charge in [-0.25, -0.2) is 0 Å². The molecule has 0 radical (unpaired) electrons. The zero-order valence-electron chi connectivity index (χ0n) is 24.4. The van der Waals surface area contributed by atoms with E-state index in [9.17, 15) is 14.7 Å². The molecule has 3 aliphatic rings. The number of hydrogen-bond acceptors (Lipinski definition) is 5. The van der Waals surface area contributed by atoms with E-state index in [2.05, 4.69) is 23.6 Å². The van der Waals surface area contributed by atoms with Crippen molar-refractivity contribution in [2.45, 2.75) is 94.9 Å². The lowest BCUT2D eigenvalue weighted by atomic mass is 9.93. The summed E-state index contributed by atoms with van der Waals surface area (Å²) in [5.41, 5.74) is 3.90. The van der Waals surface area contributed by atoms with E-state index < -0.39 is 14.5 Å². The van der Waals surface area contributed by atoms with Crippen LogP contribution in [0.2, 0.25) is 18.6 Å². The zero-order valence-corrected chi connectivity index (χ0v) is 25.4. The monoisotopic (exact) mass is 581 g/mol. The predicted molar refractivity (Wildman–Crippen MR) is 161 cm³/mol. The topological polar surface area (TPSA) is 90.9 Å². The maximum atomic E-state index is 15.7. The maximum absolute atomic E-state index is 15.7. The Kier molecular flexibility index (Phi) is 9.28. The second kappa shape index (κ2) is 12.7. The van der Waals surface area contributed by atoms with Crippen molar-refractivity contribution in [3.8, 4) is 0 Å². The SMILES string of the molecule is C[C@@H]1[C@@H]([Si](C)(C)F)[C@H](CC(=O)N2Cc3ccccc3C[C@H]2CO)O[C@@H]1CCc1ccc(NC(=O)[C@H]2CCCN2)cc1. The fourth-order valence-corrected chi connectivity index (χ4v) is 9.65. The molecule has 41 heavy (non-hydrogen) atoms. The molecule has 2 aromatic carbocycles. The van der Waals surface area contributed by atoms with E-state index in [1.165, 1.54) is 0 Å². The molecule has 0 spiro atoms. The molecular formula is C32H44FN3O4Si. The summed E-state index contributed by atoms with van der Waals surface area (Å²) in [7, 11) is -3.12. The summed E-state index contributed by atoms with van der Waals surface area (Å²) in [6.45, 7) is 6.75. The molecule has 5 rings (SSSR count). The van der Waals surface area contributed by atoms with Crippen molar-refractivity contribution in [3.63, 3.8) is 0 Å². The zero-order chi connectivity index (χ0) is 29.1. The maximum Gasteiger partial charge on any atom is 0.246 e. The van der Waals surface area contributed by atoms with Gasteiger partial charge in [-0.3, -0.25) is 9.59 Å². The summed E-state index contributed by atoms with van der Waals surface area (Å²) in [6.07, 6.45) is 3.54. The lowest BCUT2D eigenvalue weighted by molar-refractivity contribution is -0.138. The summed E-state index contributed by atoms with van der Waals surface area (Å²) in [5, 5.41) is 16.3. The van der Waals surface area contributed by atoms with Crippen molar-refractivity contribution < 1.29 is 23.5 Å². The number of carbonyl (C=O) groups excluding carboxylic acids is 2. The summed E-state index contributed by atoms with van der Waals surface area (Å²) in [6, 6.07) is 15.5. The van der Waals surface area contributed by atoms with Crippen LogP contribution in [0.5, 0.6) is 0 Å². The fraction of sp³-hybridized carbons (Fsp3) is 0.562. The largest absolute Gasteiger partial charge is 0.394 e. The second-order valence-corrected chi connectivity index (χ2v) is 16.4. The first kappa shape index (κ1) is 29.9. The molecule has 2 amide bonds. The van der Waals surface area contributed by atoms with Crippen LogP contribution in [0.25, 0.3) is 0 Å². The highest BCUT2D eigenvalue weighted by atomic mass is 28.4. The number of ether oxygens (including phenoxy) is 1. The Bertz CT molecular complexity index is 1210. The number of halogens is 1. The number of benzene rings is 2. The molecule has 6 atom stereocenters. The first-order chi connectivity index (χ1) is 19.6.